The van der Waals surface area contributed by atoms with Gasteiger partial charge in [-0.25, -0.2) is 0 Å². The molecule has 19 heavy (non-hydrogen) atoms. The van der Waals surface area contributed by atoms with Crippen LogP contribution in [0.4, 0.5) is 0 Å². The summed E-state index contributed by atoms with van der Waals surface area (Å²) < 4.78 is 4.23. The summed E-state index contributed by atoms with van der Waals surface area (Å²) in [5.41, 5.74) is 9.04. The molecule has 102 valence electrons. The molecular weight excluding hydrogens is 240 g/mol. The number of fused-ring (bicyclic) bond motifs is 1. The van der Waals surface area contributed by atoms with Gasteiger partial charge >= 0.3 is 0 Å². The zero-order valence-corrected chi connectivity index (χ0v) is 11.6. The van der Waals surface area contributed by atoms with E-state index in [1.807, 2.05) is 11.6 Å². The lowest BCUT2D eigenvalue weighted by atomic mass is 10.1. The van der Waals surface area contributed by atoms with E-state index in [4.69, 9.17) is 5.73 Å². The van der Waals surface area contributed by atoms with Crippen molar-refractivity contribution in [1.82, 2.24) is 24.5 Å². The van der Waals surface area contributed by atoms with Crippen molar-refractivity contribution in [3.8, 4) is 0 Å². The van der Waals surface area contributed by atoms with Gasteiger partial charge in [0.05, 0.1) is 5.69 Å². The van der Waals surface area contributed by atoms with Crippen molar-refractivity contribution in [2.45, 2.75) is 52.7 Å². The number of rotatable bonds is 3. The zero-order valence-electron chi connectivity index (χ0n) is 11.6. The summed E-state index contributed by atoms with van der Waals surface area (Å²) in [6.07, 6.45) is 3.47. The molecule has 0 aliphatic carbocycles. The molecule has 0 saturated heterocycles. The molecule has 0 bridgehead atoms. The summed E-state index contributed by atoms with van der Waals surface area (Å²) in [5.74, 6) is 2.12. The Bertz CT molecular complexity index is 595. The van der Waals surface area contributed by atoms with Gasteiger partial charge in [0, 0.05) is 30.8 Å². The van der Waals surface area contributed by atoms with Gasteiger partial charge in [-0.1, -0.05) is 0 Å². The molecule has 3 heterocycles. The fourth-order valence-electron chi connectivity index (χ4n) is 2.80. The lowest BCUT2D eigenvalue weighted by molar-refractivity contribution is 0.493. The monoisotopic (exact) mass is 260 g/mol. The van der Waals surface area contributed by atoms with Crippen molar-refractivity contribution in [1.29, 1.82) is 0 Å². The Morgan fingerprint density at radius 2 is 2.05 bits per heavy atom. The maximum absolute atomic E-state index is 5.76. The maximum Gasteiger partial charge on any atom is 0.154 e. The van der Waals surface area contributed by atoms with Gasteiger partial charge < -0.3 is 10.3 Å². The maximum atomic E-state index is 5.76. The van der Waals surface area contributed by atoms with Crippen molar-refractivity contribution in [3.63, 3.8) is 0 Å². The fraction of sp³-hybridized carbons (Fsp3) is 0.615. The van der Waals surface area contributed by atoms with Crippen molar-refractivity contribution >= 4 is 0 Å². The first kappa shape index (κ1) is 12.3. The second-order valence-corrected chi connectivity index (χ2v) is 5.15. The highest BCUT2D eigenvalue weighted by molar-refractivity contribution is 5.24. The van der Waals surface area contributed by atoms with Crippen LogP contribution in [0.3, 0.4) is 0 Å². The van der Waals surface area contributed by atoms with Crippen LogP contribution in [0.1, 0.15) is 41.4 Å². The predicted octanol–water partition coefficient (Wildman–Crippen LogP) is 0.935. The molecule has 1 aliphatic rings. The van der Waals surface area contributed by atoms with Crippen LogP contribution in [-0.2, 0) is 26.1 Å². The van der Waals surface area contributed by atoms with Crippen molar-refractivity contribution in [3.05, 3.63) is 28.6 Å². The third-order valence-electron chi connectivity index (χ3n) is 3.96. The van der Waals surface area contributed by atoms with Gasteiger partial charge in [0.25, 0.3) is 0 Å². The molecule has 3 rings (SSSR count). The van der Waals surface area contributed by atoms with E-state index >= 15 is 0 Å². The quantitative estimate of drug-likeness (QED) is 0.891. The molecular formula is C13H20N6. The van der Waals surface area contributed by atoms with Gasteiger partial charge in [-0.05, 0) is 26.7 Å². The second-order valence-electron chi connectivity index (χ2n) is 5.15. The van der Waals surface area contributed by atoms with E-state index in [1.54, 1.807) is 0 Å². The average molecular weight is 260 g/mol. The first-order chi connectivity index (χ1) is 9.20. The SMILES string of the molecule is Cc1nn(Cc2nnc3n2CCCC3)c(C)c1CN. The van der Waals surface area contributed by atoms with E-state index in [-0.39, 0.29) is 0 Å². The topological polar surface area (TPSA) is 74.5 Å². The van der Waals surface area contributed by atoms with Crippen LogP contribution in [0, 0.1) is 13.8 Å². The number of aromatic nitrogens is 5. The fourth-order valence-corrected chi connectivity index (χ4v) is 2.80. The highest BCUT2D eigenvalue weighted by Crippen LogP contribution is 2.17. The minimum absolute atomic E-state index is 0.537. The molecule has 0 radical (unpaired) electrons. The number of aryl methyl sites for hydroxylation is 2. The Morgan fingerprint density at radius 3 is 2.79 bits per heavy atom. The summed E-state index contributed by atoms with van der Waals surface area (Å²) in [4.78, 5) is 0. The highest BCUT2D eigenvalue weighted by atomic mass is 15.3. The third kappa shape index (κ3) is 2.06. The minimum atomic E-state index is 0.537. The molecule has 0 spiro atoms. The van der Waals surface area contributed by atoms with Crippen molar-refractivity contribution < 1.29 is 0 Å². The first-order valence-electron chi connectivity index (χ1n) is 6.84. The van der Waals surface area contributed by atoms with Crippen LogP contribution in [0.25, 0.3) is 0 Å². The highest BCUT2D eigenvalue weighted by Gasteiger charge is 2.17. The second kappa shape index (κ2) is 4.77. The Kier molecular flexibility index (Phi) is 3.10. The normalized spacial score (nSPS) is 14.7. The first-order valence-corrected chi connectivity index (χ1v) is 6.84. The smallest absolute Gasteiger partial charge is 0.154 e. The molecule has 2 aromatic heterocycles. The standard InChI is InChI=1S/C13H20N6/c1-9-11(7-14)10(2)19(17-9)8-13-16-15-12-5-3-4-6-18(12)13/h3-8,14H2,1-2H3. The summed E-state index contributed by atoms with van der Waals surface area (Å²) in [5, 5.41) is 13.2. The molecule has 0 amide bonds. The van der Waals surface area contributed by atoms with Crippen LogP contribution < -0.4 is 5.73 Å². The summed E-state index contributed by atoms with van der Waals surface area (Å²) in [7, 11) is 0. The van der Waals surface area contributed by atoms with Crippen LogP contribution in [-0.4, -0.2) is 24.5 Å². The lowest BCUT2D eigenvalue weighted by Crippen LogP contribution is -2.16. The Balaban J connectivity index is 1.91. The third-order valence-corrected chi connectivity index (χ3v) is 3.96. The van der Waals surface area contributed by atoms with E-state index in [0.29, 0.717) is 13.1 Å². The molecule has 0 fully saturated rings. The van der Waals surface area contributed by atoms with E-state index in [9.17, 15) is 0 Å². The van der Waals surface area contributed by atoms with E-state index in [1.165, 1.54) is 12.8 Å². The molecule has 2 N–H and O–H groups in total. The van der Waals surface area contributed by atoms with Crippen LogP contribution in [0.15, 0.2) is 0 Å². The minimum Gasteiger partial charge on any atom is -0.326 e. The molecule has 1 aliphatic heterocycles. The Labute approximate surface area is 112 Å². The van der Waals surface area contributed by atoms with Gasteiger partial charge in [0.1, 0.15) is 12.4 Å². The summed E-state index contributed by atoms with van der Waals surface area (Å²) in [6, 6.07) is 0. The zero-order chi connectivity index (χ0) is 13.4. The molecule has 6 nitrogen and oxygen atoms in total. The molecule has 2 aromatic rings. The van der Waals surface area contributed by atoms with E-state index in [2.05, 4.69) is 26.8 Å². The summed E-state index contributed by atoms with van der Waals surface area (Å²) in [6.45, 7) is 6.32. The molecule has 6 heteroatoms. The van der Waals surface area contributed by atoms with Crippen LogP contribution in [0.5, 0.6) is 0 Å². The predicted molar refractivity (Wildman–Crippen MR) is 71.7 cm³/mol. The van der Waals surface area contributed by atoms with Gasteiger partial charge in [-0.15, -0.1) is 10.2 Å². The average Bonchev–Trinajstić information content (AvgIpc) is 2.93. The van der Waals surface area contributed by atoms with Crippen LogP contribution >= 0.6 is 0 Å². The number of nitrogens with two attached hydrogens (primary N) is 1. The largest absolute Gasteiger partial charge is 0.326 e. The van der Waals surface area contributed by atoms with Gasteiger partial charge in [-0.3, -0.25) is 4.68 Å². The van der Waals surface area contributed by atoms with Crippen LogP contribution in [0.2, 0.25) is 0 Å². The molecule has 0 saturated carbocycles. The summed E-state index contributed by atoms with van der Waals surface area (Å²) >= 11 is 0. The number of hydrogen-bond donors (Lipinski definition) is 1. The van der Waals surface area contributed by atoms with Crippen molar-refractivity contribution in [2.75, 3.05) is 0 Å². The Hall–Kier alpha value is -1.69. The molecule has 0 aromatic carbocycles. The molecule has 0 unspecified atom stereocenters. The number of nitrogens with zero attached hydrogens (tertiary/aromatic N) is 5. The van der Waals surface area contributed by atoms with E-state index < -0.39 is 0 Å². The molecule has 0 atom stereocenters. The van der Waals surface area contributed by atoms with E-state index in [0.717, 1.165) is 41.6 Å². The number of hydrogen-bond acceptors (Lipinski definition) is 4. The van der Waals surface area contributed by atoms with Crippen molar-refractivity contribution in [2.24, 2.45) is 5.73 Å². The van der Waals surface area contributed by atoms with Gasteiger partial charge in [0.2, 0.25) is 0 Å². The Morgan fingerprint density at radius 1 is 1.21 bits per heavy atom. The van der Waals surface area contributed by atoms with Gasteiger partial charge in [-0.2, -0.15) is 5.10 Å². The van der Waals surface area contributed by atoms with Gasteiger partial charge in [0.15, 0.2) is 5.82 Å². The lowest BCUT2D eigenvalue weighted by Gasteiger charge is -2.15.